The van der Waals surface area contributed by atoms with Crippen molar-refractivity contribution in [2.45, 2.75) is 161 Å². The molecule has 0 saturated carbocycles. The van der Waals surface area contributed by atoms with Crippen molar-refractivity contribution in [1.82, 2.24) is 0 Å². The third-order valence-electron chi connectivity index (χ3n) is 8.90. The third-order valence-corrected chi connectivity index (χ3v) is 9.86. The van der Waals surface area contributed by atoms with Gasteiger partial charge in [0, 0.05) is 12.8 Å². The van der Waals surface area contributed by atoms with Crippen LogP contribution in [-0.2, 0) is 32.7 Å². The molecule has 1 unspecified atom stereocenters. The van der Waals surface area contributed by atoms with Crippen LogP contribution in [0.3, 0.4) is 0 Å². The fourth-order valence-electron chi connectivity index (χ4n) is 5.41. The molecule has 58 heavy (non-hydrogen) atoms. The molecule has 0 aliphatic rings. The van der Waals surface area contributed by atoms with Crippen LogP contribution in [0.25, 0.3) is 0 Å². The van der Waals surface area contributed by atoms with Gasteiger partial charge in [-0.1, -0.05) is 137 Å². The molecule has 0 saturated heterocycles. The van der Waals surface area contributed by atoms with Gasteiger partial charge in [-0.3, -0.25) is 14.2 Å². The van der Waals surface area contributed by atoms with Crippen LogP contribution in [0.1, 0.15) is 155 Å². The molecule has 9 nitrogen and oxygen atoms in total. The summed E-state index contributed by atoms with van der Waals surface area (Å²) in [4.78, 5) is 37.5. The summed E-state index contributed by atoms with van der Waals surface area (Å²) in [7, 11) is 1.12. The standard InChI is InChI=1S/C48H82NO8P/c1-6-8-10-12-14-16-18-20-22-23-24-25-27-28-30-32-34-36-38-40-47(50)54-44-46(45-56-58(52,53)55-43-42-49(3,4)5)57-48(51)41-39-37-35-33-31-29-26-21-19-17-15-13-11-9-7-2/h9,11,14-17,20-22,24-26,28,30,46H,6-8,10,12-13,18-19,23,27,29,31-45H2,1-5H3/b11-9+,16-14+,17-15+,22-20+,25-24+,26-21+,30-28+/t46-/m1/s1. The van der Waals surface area contributed by atoms with Gasteiger partial charge in [-0.2, -0.15) is 0 Å². The van der Waals surface area contributed by atoms with Crippen molar-refractivity contribution in [1.29, 1.82) is 0 Å². The summed E-state index contributed by atoms with van der Waals surface area (Å²) in [6.07, 6.45) is 50.4. The van der Waals surface area contributed by atoms with Crippen LogP contribution in [0, 0.1) is 0 Å². The molecule has 0 bridgehead atoms. The minimum atomic E-state index is -4.64. The monoisotopic (exact) mass is 832 g/mol. The molecule has 0 aliphatic carbocycles. The molecule has 332 valence electrons. The third kappa shape index (κ3) is 42.8. The summed E-state index contributed by atoms with van der Waals surface area (Å²) in [5.41, 5.74) is 0. The van der Waals surface area contributed by atoms with Crippen molar-refractivity contribution in [3.05, 3.63) is 85.1 Å². The lowest BCUT2D eigenvalue weighted by atomic mass is 10.1. The van der Waals surface area contributed by atoms with Crippen LogP contribution >= 0.6 is 7.82 Å². The maximum Gasteiger partial charge on any atom is 0.306 e. The molecule has 0 aliphatic heterocycles. The van der Waals surface area contributed by atoms with Gasteiger partial charge < -0.3 is 27.9 Å². The second-order valence-electron chi connectivity index (χ2n) is 15.7. The van der Waals surface area contributed by atoms with E-state index in [1.165, 1.54) is 25.7 Å². The maximum absolute atomic E-state index is 12.7. The van der Waals surface area contributed by atoms with E-state index in [1.54, 1.807) is 0 Å². The molecule has 0 fully saturated rings. The highest BCUT2D eigenvalue weighted by Gasteiger charge is 2.21. The second-order valence-corrected chi connectivity index (χ2v) is 17.1. The predicted octanol–water partition coefficient (Wildman–Crippen LogP) is 12.2. The first kappa shape index (κ1) is 55.2. The van der Waals surface area contributed by atoms with Crippen molar-refractivity contribution in [2.24, 2.45) is 0 Å². The Balaban J connectivity index is 4.45. The van der Waals surface area contributed by atoms with E-state index >= 15 is 0 Å². The molecule has 0 spiro atoms. The normalized spacial score (nSPS) is 14.4. The zero-order valence-corrected chi connectivity index (χ0v) is 38.1. The summed E-state index contributed by atoms with van der Waals surface area (Å²) in [5, 5.41) is 0. The lowest BCUT2D eigenvalue weighted by Crippen LogP contribution is -2.37. The van der Waals surface area contributed by atoms with Crippen molar-refractivity contribution < 1.29 is 42.1 Å². The number of carbonyl (C=O) groups excluding carboxylic acids is 2. The van der Waals surface area contributed by atoms with E-state index in [9.17, 15) is 19.0 Å². The number of unbranched alkanes of at least 4 members (excludes halogenated alkanes) is 11. The number of rotatable bonds is 39. The number of nitrogens with zero attached hydrogens (tertiary/aromatic N) is 1. The van der Waals surface area contributed by atoms with E-state index in [0.29, 0.717) is 23.9 Å². The number of hydrogen-bond donors (Lipinski definition) is 0. The van der Waals surface area contributed by atoms with Crippen molar-refractivity contribution >= 4 is 19.8 Å². The molecule has 0 N–H and O–H groups in total. The topological polar surface area (TPSA) is 111 Å². The summed E-state index contributed by atoms with van der Waals surface area (Å²) in [5.74, 6) is -0.899. The molecule has 2 atom stereocenters. The minimum absolute atomic E-state index is 0.0447. The van der Waals surface area contributed by atoms with Crippen LogP contribution in [-0.4, -0.2) is 70.0 Å². The Bertz CT molecular complexity index is 1260. The van der Waals surface area contributed by atoms with Crippen LogP contribution in [0.5, 0.6) is 0 Å². The van der Waals surface area contributed by atoms with Crippen molar-refractivity contribution in [3.8, 4) is 0 Å². The van der Waals surface area contributed by atoms with Gasteiger partial charge in [-0.05, 0) is 89.9 Å². The van der Waals surface area contributed by atoms with E-state index in [0.717, 1.165) is 89.9 Å². The average molecular weight is 832 g/mol. The summed E-state index contributed by atoms with van der Waals surface area (Å²) in [6.45, 7) is 4.00. The fourth-order valence-corrected chi connectivity index (χ4v) is 6.14. The van der Waals surface area contributed by atoms with E-state index < -0.39 is 32.5 Å². The number of phosphoric acid groups is 1. The van der Waals surface area contributed by atoms with Gasteiger partial charge in [0.1, 0.15) is 19.8 Å². The van der Waals surface area contributed by atoms with E-state index in [4.69, 9.17) is 18.5 Å². The van der Waals surface area contributed by atoms with Gasteiger partial charge in [0.25, 0.3) is 7.82 Å². The molecular weight excluding hydrogens is 750 g/mol. The first-order valence-corrected chi connectivity index (χ1v) is 23.8. The molecule has 10 heteroatoms. The number of phosphoric ester groups is 1. The molecule has 0 aromatic carbocycles. The Morgan fingerprint density at radius 1 is 0.552 bits per heavy atom. The van der Waals surface area contributed by atoms with Gasteiger partial charge >= 0.3 is 11.9 Å². The first-order valence-electron chi connectivity index (χ1n) is 22.3. The predicted molar refractivity (Wildman–Crippen MR) is 240 cm³/mol. The van der Waals surface area contributed by atoms with Crippen LogP contribution < -0.4 is 4.89 Å². The second kappa shape index (κ2) is 39.6. The Morgan fingerprint density at radius 3 is 1.48 bits per heavy atom. The summed E-state index contributed by atoms with van der Waals surface area (Å²) >= 11 is 0. The minimum Gasteiger partial charge on any atom is -0.756 e. The molecule has 0 heterocycles. The highest BCUT2D eigenvalue weighted by atomic mass is 31.2. The summed E-state index contributed by atoms with van der Waals surface area (Å²) in [6, 6.07) is 0. The number of likely N-dealkylation sites (N-methyl/N-ethyl adjacent to an activating group) is 1. The van der Waals surface area contributed by atoms with E-state index in [2.05, 4.69) is 98.9 Å². The Morgan fingerprint density at radius 2 is 0.983 bits per heavy atom. The molecule has 0 amide bonds. The first-order chi connectivity index (χ1) is 28.0. The highest BCUT2D eigenvalue weighted by Crippen LogP contribution is 2.38. The van der Waals surface area contributed by atoms with Crippen molar-refractivity contribution in [3.63, 3.8) is 0 Å². The zero-order chi connectivity index (χ0) is 42.8. The number of hydrogen-bond acceptors (Lipinski definition) is 8. The molecule has 0 aromatic rings. The molecular formula is C48H82NO8P. The SMILES string of the molecule is CC/C=C/C/C=C/C/C=C/CCCCCCCC(=O)O[C@H](COC(=O)CCCCC/C=C/C/C=C/C/C=C/C/C=C/CCCCC)COP(=O)([O-])OCC[N+](C)(C)C. The van der Waals surface area contributed by atoms with Gasteiger partial charge in [0.15, 0.2) is 6.10 Å². The van der Waals surface area contributed by atoms with Crippen LogP contribution in [0.4, 0.5) is 0 Å². The maximum atomic E-state index is 12.7. The van der Waals surface area contributed by atoms with Gasteiger partial charge in [-0.25, -0.2) is 0 Å². The fraction of sp³-hybridized carbons (Fsp3) is 0.667. The number of esters is 2. The Hall–Kier alpha value is -2.81. The smallest absolute Gasteiger partial charge is 0.306 e. The lowest BCUT2D eigenvalue weighted by Gasteiger charge is -2.28. The quantitative estimate of drug-likeness (QED) is 0.0198. The van der Waals surface area contributed by atoms with Gasteiger partial charge in [0.05, 0.1) is 27.7 Å². The number of quaternary nitrogens is 1. The lowest BCUT2D eigenvalue weighted by molar-refractivity contribution is -0.870. The highest BCUT2D eigenvalue weighted by molar-refractivity contribution is 7.45. The number of carbonyl (C=O) groups is 2. The van der Waals surface area contributed by atoms with Crippen LogP contribution in [0.2, 0.25) is 0 Å². The van der Waals surface area contributed by atoms with Crippen molar-refractivity contribution in [2.75, 3.05) is 47.5 Å². The largest absolute Gasteiger partial charge is 0.756 e. The molecule has 0 rings (SSSR count). The van der Waals surface area contributed by atoms with Gasteiger partial charge in [0.2, 0.25) is 0 Å². The zero-order valence-electron chi connectivity index (χ0n) is 37.2. The van der Waals surface area contributed by atoms with Crippen LogP contribution in [0.15, 0.2) is 85.1 Å². The van der Waals surface area contributed by atoms with E-state index in [1.807, 2.05) is 21.1 Å². The average Bonchev–Trinajstić information content (AvgIpc) is 3.17. The Labute approximate surface area is 354 Å². The number of ether oxygens (including phenoxy) is 2. The molecule has 0 aromatic heterocycles. The van der Waals surface area contributed by atoms with Gasteiger partial charge in [-0.15, -0.1) is 0 Å². The Kier molecular flexibility index (Phi) is 37.7. The number of allylic oxidation sites excluding steroid dienone is 14. The molecule has 0 radical (unpaired) electrons. The summed E-state index contributed by atoms with van der Waals surface area (Å²) < 4.78 is 33.8. The van der Waals surface area contributed by atoms with E-state index in [-0.39, 0.29) is 26.1 Å².